The number of aryl methyl sites for hydroxylation is 1. The number of urea groups is 1. The van der Waals surface area contributed by atoms with Crippen LogP contribution in [0, 0.1) is 6.92 Å². The number of carbonyl (C=O) groups is 2. The Balaban J connectivity index is 1.83. The van der Waals surface area contributed by atoms with Gasteiger partial charge < -0.3 is 15.0 Å². The van der Waals surface area contributed by atoms with Crippen LogP contribution in [0.5, 0.6) is 0 Å². The summed E-state index contributed by atoms with van der Waals surface area (Å²) in [6.45, 7) is 7.19. The second-order valence-corrected chi connectivity index (χ2v) is 4.91. The van der Waals surface area contributed by atoms with Crippen molar-refractivity contribution in [3.05, 3.63) is 36.1 Å². The number of H-pyrrole nitrogens is 1. The molecule has 1 aromatic carbocycles. The third kappa shape index (κ3) is 4.34. The van der Waals surface area contributed by atoms with Crippen LogP contribution in [0.15, 0.2) is 30.5 Å². The molecule has 0 fully saturated rings. The number of imidazole rings is 1. The summed E-state index contributed by atoms with van der Waals surface area (Å²) in [5, 5.41) is 5.13. The number of fused-ring (bicyclic) bond motifs is 1. The number of aromatic nitrogens is 2. The van der Waals surface area contributed by atoms with Gasteiger partial charge in [0.1, 0.15) is 0 Å². The number of hydrogen-bond donors (Lipinski definition) is 3. The minimum atomic E-state index is -0.445. The van der Waals surface area contributed by atoms with Gasteiger partial charge in [0.2, 0.25) is 5.95 Å². The van der Waals surface area contributed by atoms with E-state index in [1.807, 2.05) is 25.1 Å². The number of allylic oxidation sites excluding steroid dienone is 1. The lowest BCUT2D eigenvalue weighted by atomic mass is 10.2. The molecule has 7 nitrogen and oxygen atoms in total. The number of aromatic amines is 1. The van der Waals surface area contributed by atoms with Crippen molar-refractivity contribution < 1.29 is 14.3 Å². The summed E-state index contributed by atoms with van der Waals surface area (Å²) < 4.78 is 4.78. The molecule has 1 heterocycles. The highest BCUT2D eigenvalue weighted by molar-refractivity contribution is 5.90. The van der Waals surface area contributed by atoms with E-state index in [1.165, 1.54) is 0 Å². The first kappa shape index (κ1) is 15.6. The van der Waals surface area contributed by atoms with Crippen LogP contribution in [-0.2, 0) is 9.53 Å². The second kappa shape index (κ2) is 6.75. The average molecular weight is 302 g/mol. The van der Waals surface area contributed by atoms with Gasteiger partial charge in [-0.2, -0.15) is 0 Å². The third-order valence-electron chi connectivity index (χ3n) is 2.77. The Hall–Kier alpha value is -2.83. The average Bonchev–Trinajstić information content (AvgIpc) is 2.78. The number of nitrogens with zero attached hydrogens (tertiary/aromatic N) is 1. The summed E-state index contributed by atoms with van der Waals surface area (Å²) in [4.78, 5) is 30.2. The first-order chi connectivity index (χ1) is 10.4. The molecule has 0 bridgehead atoms. The van der Waals surface area contributed by atoms with Crippen LogP contribution in [0.3, 0.4) is 0 Å². The molecule has 0 aliphatic rings. The van der Waals surface area contributed by atoms with Crippen LogP contribution in [-0.4, -0.2) is 28.5 Å². The van der Waals surface area contributed by atoms with Crippen molar-refractivity contribution in [3.63, 3.8) is 0 Å². The third-order valence-corrected chi connectivity index (χ3v) is 2.77. The number of nitrogens with one attached hydrogen (secondary N) is 3. The van der Waals surface area contributed by atoms with Gasteiger partial charge in [-0.05, 0) is 31.5 Å². The van der Waals surface area contributed by atoms with Crippen molar-refractivity contribution in [2.24, 2.45) is 0 Å². The maximum atomic E-state index is 11.7. The molecule has 3 N–H and O–H groups in total. The number of benzene rings is 1. The van der Waals surface area contributed by atoms with Gasteiger partial charge in [-0.3, -0.25) is 10.1 Å². The summed E-state index contributed by atoms with van der Waals surface area (Å²) in [5.41, 5.74) is 2.72. The van der Waals surface area contributed by atoms with Crippen LogP contribution < -0.4 is 10.6 Å². The molecule has 1 aromatic heterocycles. The minimum Gasteiger partial charge on any atom is -0.432 e. The maximum Gasteiger partial charge on any atom is 0.321 e. The Morgan fingerprint density at radius 3 is 2.91 bits per heavy atom. The first-order valence-electron chi connectivity index (χ1n) is 6.81. The molecule has 2 amide bonds. The van der Waals surface area contributed by atoms with Gasteiger partial charge in [0, 0.05) is 6.54 Å². The number of anilines is 1. The van der Waals surface area contributed by atoms with Crippen LogP contribution in [0.25, 0.3) is 11.0 Å². The quantitative estimate of drug-likeness (QED) is 0.584. The fourth-order valence-electron chi connectivity index (χ4n) is 1.86. The molecule has 0 aliphatic heterocycles. The number of carbonyl (C=O) groups excluding carboxylic acids is 2. The van der Waals surface area contributed by atoms with Crippen molar-refractivity contribution in [1.82, 2.24) is 15.3 Å². The van der Waals surface area contributed by atoms with Gasteiger partial charge >= 0.3 is 12.0 Å². The predicted molar refractivity (Wildman–Crippen MR) is 83.4 cm³/mol. The minimum absolute atomic E-state index is 0.0691. The summed E-state index contributed by atoms with van der Waals surface area (Å²) in [6.07, 6.45) is 0.0691. The molecule has 22 heavy (non-hydrogen) atoms. The van der Waals surface area contributed by atoms with E-state index < -0.39 is 12.0 Å². The highest BCUT2D eigenvalue weighted by Gasteiger charge is 2.08. The second-order valence-electron chi connectivity index (χ2n) is 4.91. The smallest absolute Gasteiger partial charge is 0.321 e. The van der Waals surface area contributed by atoms with E-state index in [4.69, 9.17) is 4.74 Å². The SMILES string of the molecule is C=C(C)OC(=O)CCNC(=O)Nc1nc2ccc(C)cc2[nH]1. The maximum absolute atomic E-state index is 11.7. The zero-order valence-corrected chi connectivity index (χ0v) is 12.5. The lowest BCUT2D eigenvalue weighted by Crippen LogP contribution is -2.31. The highest BCUT2D eigenvalue weighted by atomic mass is 16.5. The highest BCUT2D eigenvalue weighted by Crippen LogP contribution is 2.15. The zero-order valence-electron chi connectivity index (χ0n) is 12.5. The molecule has 2 rings (SSSR count). The molecule has 0 atom stereocenters. The molecule has 0 spiro atoms. The molecular formula is C15H18N4O3. The molecule has 0 saturated heterocycles. The predicted octanol–water partition coefficient (Wildman–Crippen LogP) is 2.46. The van der Waals surface area contributed by atoms with Gasteiger partial charge in [0.15, 0.2) is 0 Å². The van der Waals surface area contributed by atoms with Crippen LogP contribution in [0.1, 0.15) is 18.9 Å². The van der Waals surface area contributed by atoms with Crippen molar-refractivity contribution in [3.8, 4) is 0 Å². The molecule has 0 saturated carbocycles. The molecule has 2 aromatic rings. The Bertz CT molecular complexity index is 721. The van der Waals surface area contributed by atoms with Gasteiger partial charge in [0.25, 0.3) is 0 Å². The summed E-state index contributed by atoms with van der Waals surface area (Å²) in [5.74, 6) is 0.238. The van der Waals surface area contributed by atoms with E-state index in [1.54, 1.807) is 6.92 Å². The lowest BCUT2D eigenvalue weighted by molar-refractivity contribution is -0.139. The van der Waals surface area contributed by atoms with Crippen molar-refractivity contribution in [1.29, 1.82) is 0 Å². The molecule has 116 valence electrons. The van der Waals surface area contributed by atoms with Gasteiger partial charge in [-0.25, -0.2) is 9.78 Å². The van der Waals surface area contributed by atoms with Crippen molar-refractivity contribution in [2.45, 2.75) is 20.3 Å². The molecule has 0 unspecified atom stereocenters. The molecule has 0 aliphatic carbocycles. The largest absolute Gasteiger partial charge is 0.432 e. The first-order valence-corrected chi connectivity index (χ1v) is 6.81. The van der Waals surface area contributed by atoms with E-state index in [0.717, 1.165) is 16.6 Å². The van der Waals surface area contributed by atoms with E-state index in [9.17, 15) is 9.59 Å². The molecule has 0 radical (unpaired) electrons. The number of esters is 1. The van der Waals surface area contributed by atoms with Gasteiger partial charge in [-0.15, -0.1) is 0 Å². The topological polar surface area (TPSA) is 96.1 Å². The van der Waals surface area contributed by atoms with Crippen LogP contribution >= 0.6 is 0 Å². The summed E-state index contributed by atoms with van der Waals surface area (Å²) in [7, 11) is 0. The Labute approximate surface area is 127 Å². The van der Waals surface area contributed by atoms with Crippen LogP contribution in [0.2, 0.25) is 0 Å². The van der Waals surface area contributed by atoms with Crippen molar-refractivity contribution in [2.75, 3.05) is 11.9 Å². The van der Waals surface area contributed by atoms with E-state index in [2.05, 4.69) is 27.2 Å². The van der Waals surface area contributed by atoms with E-state index in [0.29, 0.717) is 11.7 Å². The Kier molecular flexibility index (Phi) is 4.77. The Morgan fingerprint density at radius 1 is 1.41 bits per heavy atom. The monoisotopic (exact) mass is 302 g/mol. The summed E-state index contributed by atoms with van der Waals surface area (Å²) >= 11 is 0. The molecule has 7 heteroatoms. The number of hydrogen-bond acceptors (Lipinski definition) is 4. The molecular weight excluding hydrogens is 284 g/mol. The fraction of sp³-hybridized carbons (Fsp3) is 0.267. The van der Waals surface area contributed by atoms with E-state index >= 15 is 0 Å². The normalized spacial score (nSPS) is 10.3. The number of amides is 2. The number of rotatable bonds is 5. The zero-order chi connectivity index (χ0) is 16.1. The Morgan fingerprint density at radius 2 is 2.18 bits per heavy atom. The lowest BCUT2D eigenvalue weighted by Gasteiger charge is -2.05. The summed E-state index contributed by atoms with van der Waals surface area (Å²) in [6, 6.07) is 5.32. The van der Waals surface area contributed by atoms with E-state index in [-0.39, 0.29) is 13.0 Å². The number of ether oxygens (including phenoxy) is 1. The fourth-order valence-corrected chi connectivity index (χ4v) is 1.86. The van der Waals surface area contributed by atoms with Gasteiger partial charge in [-0.1, -0.05) is 12.6 Å². The van der Waals surface area contributed by atoms with Crippen molar-refractivity contribution >= 4 is 29.0 Å². The van der Waals surface area contributed by atoms with Gasteiger partial charge in [0.05, 0.1) is 23.2 Å². The van der Waals surface area contributed by atoms with Crippen LogP contribution in [0.4, 0.5) is 10.7 Å². The standard InChI is InChI=1S/C15H18N4O3/c1-9(2)22-13(20)6-7-16-15(21)19-14-17-11-5-4-10(3)8-12(11)18-14/h4-5,8H,1,6-7H2,2-3H3,(H3,16,17,18,19,21).